The molecule has 2 N–H and O–H groups in total. The van der Waals surface area contributed by atoms with E-state index in [1.54, 1.807) is 37.1 Å². The maximum atomic E-state index is 13.5. The molecule has 0 bridgehead atoms. The largest absolute Gasteiger partial charge is 0.478 e. The Hall–Kier alpha value is -3.05. The summed E-state index contributed by atoms with van der Waals surface area (Å²) in [7, 11) is 1.76. The van der Waals surface area contributed by atoms with Gasteiger partial charge < -0.3 is 15.3 Å². The van der Waals surface area contributed by atoms with E-state index in [1.807, 2.05) is 31.2 Å². The predicted molar refractivity (Wildman–Crippen MR) is 123 cm³/mol. The number of carboxylic acids is 1. The van der Waals surface area contributed by atoms with E-state index in [9.17, 15) is 14.7 Å². The lowest BCUT2D eigenvalue weighted by molar-refractivity contribution is -0.133. The number of carboxylic acid groups (broad SMARTS) is 1. The van der Waals surface area contributed by atoms with Gasteiger partial charge in [-0.3, -0.25) is 4.79 Å². The predicted octanol–water partition coefficient (Wildman–Crippen LogP) is 4.75. The van der Waals surface area contributed by atoms with Crippen molar-refractivity contribution in [2.45, 2.75) is 32.6 Å². The molecule has 2 aromatic carbocycles. The van der Waals surface area contributed by atoms with Crippen molar-refractivity contribution in [3.05, 3.63) is 93.3 Å². The molecule has 1 heterocycles. The number of allylic oxidation sites excluding steroid dienone is 2. The third-order valence-corrected chi connectivity index (χ3v) is 5.79. The number of carbonyl (C=O) groups excluding carboxylic acids is 1. The number of nitrogens with one attached hydrogen (secondary N) is 1. The smallest absolute Gasteiger partial charge is 0.334 e. The van der Waals surface area contributed by atoms with Crippen LogP contribution in [0.15, 0.2) is 77.1 Å². The molecular formula is C25H27ClN2O3. The molecule has 0 aliphatic carbocycles. The lowest BCUT2D eigenvalue weighted by Gasteiger charge is -2.32. The average molecular weight is 439 g/mol. The van der Waals surface area contributed by atoms with Crippen molar-refractivity contribution >= 4 is 23.5 Å². The first kappa shape index (κ1) is 22.6. The molecule has 1 amide bonds. The number of amides is 1. The minimum Gasteiger partial charge on any atom is -0.478 e. The van der Waals surface area contributed by atoms with Crippen molar-refractivity contribution < 1.29 is 14.7 Å². The van der Waals surface area contributed by atoms with Crippen LogP contribution >= 0.6 is 11.6 Å². The fourth-order valence-electron chi connectivity index (χ4n) is 4.05. The highest BCUT2D eigenvalue weighted by molar-refractivity contribution is 6.30. The summed E-state index contributed by atoms with van der Waals surface area (Å²) in [5, 5.41) is 13.5. The van der Waals surface area contributed by atoms with E-state index in [0.717, 1.165) is 12.8 Å². The molecule has 1 atom stereocenters. The van der Waals surface area contributed by atoms with Crippen molar-refractivity contribution in [1.82, 2.24) is 10.2 Å². The lowest BCUT2D eigenvalue weighted by atomic mass is 9.80. The number of carbonyl (C=O) groups is 2. The van der Waals surface area contributed by atoms with Gasteiger partial charge in [0.25, 0.3) is 5.91 Å². The van der Waals surface area contributed by atoms with Crippen molar-refractivity contribution in [3.8, 4) is 0 Å². The lowest BCUT2D eigenvalue weighted by Crippen LogP contribution is -2.37. The van der Waals surface area contributed by atoms with Crippen LogP contribution in [0.3, 0.4) is 0 Å². The number of hydrogen-bond donors (Lipinski definition) is 2. The Bertz CT molecular complexity index is 1040. The average Bonchev–Trinajstić information content (AvgIpc) is 2.73. The molecule has 5 nitrogen and oxygen atoms in total. The highest BCUT2D eigenvalue weighted by Crippen LogP contribution is 2.39. The number of rotatable bonds is 7. The molecule has 0 radical (unpaired) electrons. The van der Waals surface area contributed by atoms with Crippen molar-refractivity contribution in [2.24, 2.45) is 0 Å². The summed E-state index contributed by atoms with van der Waals surface area (Å²) in [5.74, 6) is -1.93. The minimum absolute atomic E-state index is 0.161. The number of halogens is 1. The van der Waals surface area contributed by atoms with Crippen LogP contribution in [0.5, 0.6) is 0 Å². The van der Waals surface area contributed by atoms with Gasteiger partial charge in [-0.05, 0) is 49.9 Å². The van der Waals surface area contributed by atoms with Crippen LogP contribution in [0.4, 0.5) is 0 Å². The van der Waals surface area contributed by atoms with Gasteiger partial charge in [-0.2, -0.15) is 0 Å². The number of dihydropyridines is 1. The van der Waals surface area contributed by atoms with Crippen LogP contribution in [0.1, 0.15) is 37.3 Å². The van der Waals surface area contributed by atoms with Gasteiger partial charge in [0, 0.05) is 35.6 Å². The first-order chi connectivity index (χ1) is 14.8. The Morgan fingerprint density at radius 1 is 1.03 bits per heavy atom. The molecular weight excluding hydrogens is 412 g/mol. The second-order valence-electron chi connectivity index (χ2n) is 7.81. The van der Waals surface area contributed by atoms with Gasteiger partial charge >= 0.3 is 5.97 Å². The molecule has 0 fully saturated rings. The highest BCUT2D eigenvalue weighted by Gasteiger charge is 2.37. The first-order valence-corrected chi connectivity index (χ1v) is 10.6. The Morgan fingerprint density at radius 2 is 1.71 bits per heavy atom. The fourth-order valence-corrected chi connectivity index (χ4v) is 4.25. The summed E-state index contributed by atoms with van der Waals surface area (Å²) < 4.78 is 0. The van der Waals surface area contributed by atoms with Crippen molar-refractivity contribution in [3.63, 3.8) is 0 Å². The summed E-state index contributed by atoms with van der Waals surface area (Å²) in [5.41, 5.74) is 3.69. The van der Waals surface area contributed by atoms with E-state index in [0.29, 0.717) is 34.1 Å². The summed E-state index contributed by atoms with van der Waals surface area (Å²) in [6, 6.07) is 17.2. The summed E-state index contributed by atoms with van der Waals surface area (Å²) >= 11 is 6.19. The Balaban J connectivity index is 1.87. The van der Waals surface area contributed by atoms with Crippen molar-refractivity contribution in [1.29, 1.82) is 0 Å². The molecule has 31 heavy (non-hydrogen) atoms. The molecule has 1 unspecified atom stereocenters. The van der Waals surface area contributed by atoms with Gasteiger partial charge in [0.1, 0.15) is 0 Å². The molecule has 3 rings (SSSR count). The van der Waals surface area contributed by atoms with Crippen LogP contribution in [0.25, 0.3) is 0 Å². The molecule has 0 saturated heterocycles. The standard InChI is InChI=1S/C25H27ClN2O3/c1-16-21(24(29)28(3)14-8-11-18-9-5-4-6-10-18)23(19-12-7-13-20(26)15-19)22(25(30)31)17(2)27-16/h4-7,9-10,12-13,15,23,27H,8,11,14H2,1-3H3,(H,30,31). The molecule has 0 aromatic heterocycles. The monoisotopic (exact) mass is 438 g/mol. The SMILES string of the molecule is CC1=C(C(=O)O)C(c2cccc(Cl)c2)C(C(=O)N(C)CCCc2ccccc2)=C(C)N1. The molecule has 162 valence electrons. The van der Waals surface area contributed by atoms with Gasteiger partial charge in [-0.25, -0.2) is 4.79 Å². The topological polar surface area (TPSA) is 69.6 Å². The number of aryl methyl sites for hydroxylation is 1. The zero-order chi connectivity index (χ0) is 22.5. The minimum atomic E-state index is -1.06. The zero-order valence-corrected chi connectivity index (χ0v) is 18.7. The summed E-state index contributed by atoms with van der Waals surface area (Å²) in [6.45, 7) is 4.10. The van der Waals surface area contributed by atoms with E-state index in [4.69, 9.17) is 11.6 Å². The number of nitrogens with zero attached hydrogens (tertiary/aromatic N) is 1. The van der Waals surface area contributed by atoms with Gasteiger partial charge in [0.2, 0.25) is 0 Å². The van der Waals surface area contributed by atoms with Crippen LogP contribution in [-0.2, 0) is 16.0 Å². The third kappa shape index (κ3) is 5.17. The molecule has 2 aromatic rings. The third-order valence-electron chi connectivity index (χ3n) is 5.55. The molecule has 0 spiro atoms. The maximum absolute atomic E-state index is 13.5. The van der Waals surface area contributed by atoms with Gasteiger partial charge in [-0.15, -0.1) is 0 Å². The van der Waals surface area contributed by atoms with Crippen LogP contribution < -0.4 is 5.32 Å². The van der Waals surface area contributed by atoms with E-state index in [-0.39, 0.29) is 11.5 Å². The van der Waals surface area contributed by atoms with E-state index < -0.39 is 11.9 Å². The quantitative estimate of drug-likeness (QED) is 0.654. The number of hydrogen-bond acceptors (Lipinski definition) is 3. The highest BCUT2D eigenvalue weighted by atomic mass is 35.5. The van der Waals surface area contributed by atoms with E-state index in [2.05, 4.69) is 17.4 Å². The normalized spacial score (nSPS) is 16.2. The van der Waals surface area contributed by atoms with Crippen LogP contribution in [0, 0.1) is 0 Å². The molecule has 0 saturated carbocycles. The van der Waals surface area contributed by atoms with Gasteiger partial charge in [-0.1, -0.05) is 54.1 Å². The Kier molecular flexibility index (Phi) is 7.18. The van der Waals surface area contributed by atoms with Crippen molar-refractivity contribution in [2.75, 3.05) is 13.6 Å². The zero-order valence-electron chi connectivity index (χ0n) is 18.0. The van der Waals surface area contributed by atoms with Gasteiger partial charge in [0.05, 0.1) is 11.5 Å². The van der Waals surface area contributed by atoms with E-state index in [1.165, 1.54) is 5.56 Å². The second-order valence-corrected chi connectivity index (χ2v) is 8.25. The number of aliphatic carboxylic acids is 1. The fraction of sp³-hybridized carbons (Fsp3) is 0.280. The van der Waals surface area contributed by atoms with Crippen LogP contribution in [0.2, 0.25) is 5.02 Å². The molecule has 6 heteroatoms. The maximum Gasteiger partial charge on any atom is 0.334 e. The first-order valence-electron chi connectivity index (χ1n) is 10.3. The van der Waals surface area contributed by atoms with E-state index >= 15 is 0 Å². The molecule has 1 aliphatic heterocycles. The molecule has 1 aliphatic rings. The second kappa shape index (κ2) is 9.84. The Morgan fingerprint density at radius 3 is 2.35 bits per heavy atom. The summed E-state index contributed by atoms with van der Waals surface area (Å²) in [6.07, 6.45) is 1.68. The number of likely N-dealkylation sites (N-methyl/N-ethyl adjacent to an activating group) is 1. The summed E-state index contributed by atoms with van der Waals surface area (Å²) in [4.78, 5) is 27.3. The Labute approximate surface area is 188 Å². The van der Waals surface area contributed by atoms with Gasteiger partial charge in [0.15, 0.2) is 0 Å². The number of benzene rings is 2. The van der Waals surface area contributed by atoms with Crippen LogP contribution in [-0.4, -0.2) is 35.5 Å².